The molecule has 0 bridgehead atoms. The fourth-order valence-electron chi connectivity index (χ4n) is 3.03. The van der Waals surface area contributed by atoms with Gasteiger partial charge in [-0.25, -0.2) is 4.79 Å². The van der Waals surface area contributed by atoms with Gasteiger partial charge in [-0.1, -0.05) is 5.16 Å². The van der Waals surface area contributed by atoms with E-state index in [-0.39, 0.29) is 12.1 Å². The van der Waals surface area contributed by atoms with E-state index in [2.05, 4.69) is 10.1 Å². The van der Waals surface area contributed by atoms with Crippen LogP contribution in [0.2, 0.25) is 0 Å². The summed E-state index contributed by atoms with van der Waals surface area (Å²) in [7, 11) is 1.61. The summed E-state index contributed by atoms with van der Waals surface area (Å²) in [4.78, 5) is 18.6. The Morgan fingerprint density at radius 1 is 1.25 bits per heavy atom. The fourth-order valence-corrected chi connectivity index (χ4v) is 3.03. The number of hydrogen-bond donors (Lipinski definition) is 0. The number of likely N-dealkylation sites (tertiary alicyclic amines) is 1. The molecule has 8 nitrogen and oxygen atoms in total. The van der Waals surface area contributed by atoms with Crippen LogP contribution in [0.15, 0.2) is 28.8 Å². The summed E-state index contributed by atoms with van der Waals surface area (Å²) in [6.45, 7) is 7.99. The highest BCUT2D eigenvalue weighted by molar-refractivity contribution is 5.69. The third-order valence-corrected chi connectivity index (χ3v) is 4.36. The van der Waals surface area contributed by atoms with Crippen molar-refractivity contribution >= 4 is 6.09 Å². The number of ether oxygens (including phenoxy) is 3. The lowest BCUT2D eigenvalue weighted by Crippen LogP contribution is -2.36. The molecule has 1 aliphatic rings. The maximum atomic E-state index is 12.5. The summed E-state index contributed by atoms with van der Waals surface area (Å²) in [5.41, 5.74) is -0.548. The third-order valence-electron chi connectivity index (χ3n) is 4.36. The first-order valence-corrected chi connectivity index (χ1v) is 9.40. The van der Waals surface area contributed by atoms with Crippen LogP contribution < -0.4 is 9.47 Å². The molecule has 1 aromatic heterocycles. The van der Waals surface area contributed by atoms with Crippen LogP contribution in [0, 0.1) is 0 Å². The second kappa shape index (κ2) is 8.08. The largest absolute Gasteiger partial charge is 0.497 e. The van der Waals surface area contributed by atoms with E-state index in [1.165, 1.54) is 0 Å². The van der Waals surface area contributed by atoms with Crippen LogP contribution in [-0.4, -0.2) is 40.4 Å². The van der Waals surface area contributed by atoms with E-state index in [9.17, 15) is 4.79 Å². The first kappa shape index (κ1) is 20.0. The molecule has 2 aromatic rings. The minimum Gasteiger partial charge on any atom is -0.497 e. The van der Waals surface area contributed by atoms with Crippen molar-refractivity contribution in [2.24, 2.45) is 0 Å². The van der Waals surface area contributed by atoms with Gasteiger partial charge in [0.2, 0.25) is 0 Å². The third kappa shape index (κ3) is 4.74. The van der Waals surface area contributed by atoms with Crippen LogP contribution in [0.4, 0.5) is 4.79 Å². The minimum atomic E-state index is -0.548. The van der Waals surface area contributed by atoms with Gasteiger partial charge in [-0.3, -0.25) is 4.90 Å². The van der Waals surface area contributed by atoms with Crippen molar-refractivity contribution in [1.82, 2.24) is 15.0 Å². The monoisotopic (exact) mass is 389 g/mol. The minimum absolute atomic E-state index is 0.250. The number of carbonyl (C=O) groups excluding carboxylic acids is 1. The fraction of sp³-hybridized carbons (Fsp3) is 0.550. The summed E-state index contributed by atoms with van der Waals surface area (Å²) in [6, 6.07) is 7.01. The molecule has 1 aromatic carbocycles. The van der Waals surface area contributed by atoms with E-state index in [1.807, 2.05) is 52.0 Å². The summed E-state index contributed by atoms with van der Waals surface area (Å²) in [5, 5.41) is 4.08. The standard InChI is InChI=1S/C20H27N3O5/c1-13(26-15-10-8-14(25-5)9-11-15)18-21-17(22-28-18)16-7-6-12-23(16)19(24)27-20(2,3)4/h8-11,13,16H,6-7,12H2,1-5H3/t13-,16+/m1/s1. The van der Waals surface area contributed by atoms with Gasteiger partial charge in [0, 0.05) is 6.54 Å². The number of carbonyl (C=O) groups is 1. The first-order chi connectivity index (χ1) is 13.3. The SMILES string of the molecule is COc1ccc(O[C@H](C)c2nc([C@@H]3CCCN3C(=O)OC(C)(C)C)no2)cc1. The average Bonchev–Trinajstić information content (AvgIpc) is 3.30. The molecule has 8 heteroatoms. The summed E-state index contributed by atoms with van der Waals surface area (Å²) in [6.07, 6.45) is 0.854. The molecular weight excluding hydrogens is 362 g/mol. The molecule has 0 N–H and O–H groups in total. The van der Waals surface area contributed by atoms with Gasteiger partial charge in [0.15, 0.2) is 11.9 Å². The number of nitrogens with zero attached hydrogens (tertiary/aromatic N) is 3. The molecule has 2 heterocycles. The first-order valence-electron chi connectivity index (χ1n) is 9.40. The summed E-state index contributed by atoms with van der Waals surface area (Å²) >= 11 is 0. The van der Waals surface area contributed by atoms with Gasteiger partial charge in [0.1, 0.15) is 17.1 Å². The van der Waals surface area contributed by atoms with E-state index in [4.69, 9.17) is 18.7 Å². The number of rotatable bonds is 5. The number of benzene rings is 1. The Hall–Kier alpha value is -2.77. The molecule has 2 atom stereocenters. The molecule has 152 valence electrons. The van der Waals surface area contributed by atoms with Crippen molar-refractivity contribution < 1.29 is 23.5 Å². The highest BCUT2D eigenvalue weighted by atomic mass is 16.6. The average molecular weight is 389 g/mol. The summed E-state index contributed by atoms with van der Waals surface area (Å²) < 4.78 is 21.9. The smallest absolute Gasteiger partial charge is 0.410 e. The van der Waals surface area contributed by atoms with Crippen LogP contribution in [0.5, 0.6) is 11.5 Å². The lowest BCUT2D eigenvalue weighted by atomic mass is 10.2. The normalized spacial score (nSPS) is 18.0. The highest BCUT2D eigenvalue weighted by Gasteiger charge is 2.36. The number of hydrogen-bond acceptors (Lipinski definition) is 7. The van der Waals surface area contributed by atoms with E-state index in [1.54, 1.807) is 12.0 Å². The van der Waals surface area contributed by atoms with Crippen LogP contribution in [0.25, 0.3) is 0 Å². The number of methoxy groups -OCH3 is 1. The molecule has 1 aliphatic heterocycles. The van der Waals surface area contributed by atoms with Gasteiger partial charge in [-0.2, -0.15) is 4.98 Å². The van der Waals surface area contributed by atoms with Crippen LogP contribution >= 0.6 is 0 Å². The molecule has 0 saturated carbocycles. The molecular formula is C20H27N3O5. The Labute approximate surface area is 164 Å². The maximum absolute atomic E-state index is 12.5. The van der Waals surface area contributed by atoms with Gasteiger partial charge in [0.25, 0.3) is 5.89 Å². The molecule has 0 unspecified atom stereocenters. The lowest BCUT2D eigenvalue weighted by Gasteiger charge is -2.27. The number of amides is 1. The molecule has 0 radical (unpaired) electrons. The van der Waals surface area contributed by atoms with Crippen LogP contribution in [-0.2, 0) is 4.74 Å². The maximum Gasteiger partial charge on any atom is 0.410 e. The van der Waals surface area contributed by atoms with E-state index < -0.39 is 11.7 Å². The molecule has 1 saturated heterocycles. The van der Waals surface area contributed by atoms with Crippen molar-refractivity contribution in [3.8, 4) is 11.5 Å². The molecule has 1 fully saturated rings. The van der Waals surface area contributed by atoms with Gasteiger partial charge >= 0.3 is 6.09 Å². The van der Waals surface area contributed by atoms with Gasteiger partial charge in [-0.15, -0.1) is 0 Å². The Balaban J connectivity index is 1.67. The van der Waals surface area contributed by atoms with Crippen molar-refractivity contribution in [3.63, 3.8) is 0 Å². The topological polar surface area (TPSA) is 86.9 Å². The Kier molecular flexibility index (Phi) is 5.76. The molecule has 1 amide bonds. The van der Waals surface area contributed by atoms with Crippen molar-refractivity contribution in [1.29, 1.82) is 0 Å². The van der Waals surface area contributed by atoms with Crippen molar-refractivity contribution in [2.45, 2.75) is 58.3 Å². The molecule has 28 heavy (non-hydrogen) atoms. The zero-order valence-electron chi connectivity index (χ0n) is 17.0. The predicted molar refractivity (Wildman–Crippen MR) is 101 cm³/mol. The van der Waals surface area contributed by atoms with E-state index >= 15 is 0 Å². The van der Waals surface area contributed by atoms with Crippen LogP contribution in [0.1, 0.15) is 64.4 Å². The van der Waals surface area contributed by atoms with Gasteiger partial charge in [0.05, 0.1) is 13.2 Å². The van der Waals surface area contributed by atoms with E-state index in [0.717, 1.165) is 18.6 Å². The van der Waals surface area contributed by atoms with Crippen molar-refractivity contribution in [3.05, 3.63) is 36.0 Å². The van der Waals surface area contributed by atoms with Gasteiger partial charge < -0.3 is 18.7 Å². The van der Waals surface area contributed by atoms with E-state index in [0.29, 0.717) is 24.0 Å². The second-order valence-corrected chi connectivity index (χ2v) is 7.76. The van der Waals surface area contributed by atoms with Gasteiger partial charge in [-0.05, 0) is 64.8 Å². The zero-order valence-corrected chi connectivity index (χ0v) is 17.0. The quantitative estimate of drug-likeness (QED) is 0.754. The predicted octanol–water partition coefficient (Wildman–Crippen LogP) is 4.29. The van der Waals surface area contributed by atoms with Crippen LogP contribution in [0.3, 0.4) is 0 Å². The Morgan fingerprint density at radius 2 is 1.93 bits per heavy atom. The molecule has 0 aliphatic carbocycles. The summed E-state index contributed by atoms with van der Waals surface area (Å²) in [5.74, 6) is 2.26. The Morgan fingerprint density at radius 3 is 2.57 bits per heavy atom. The van der Waals surface area contributed by atoms with Crippen molar-refractivity contribution in [2.75, 3.05) is 13.7 Å². The Bertz CT molecular complexity index is 797. The highest BCUT2D eigenvalue weighted by Crippen LogP contribution is 2.32. The second-order valence-electron chi connectivity index (χ2n) is 7.76. The molecule has 3 rings (SSSR count). The molecule has 0 spiro atoms. The zero-order chi connectivity index (χ0) is 20.3. The lowest BCUT2D eigenvalue weighted by molar-refractivity contribution is 0.0217. The number of aromatic nitrogens is 2.